The molecule has 0 radical (unpaired) electrons. The van der Waals surface area contributed by atoms with Crippen LogP contribution in [0.5, 0.6) is 11.5 Å². The van der Waals surface area contributed by atoms with Gasteiger partial charge >= 0.3 is 0 Å². The van der Waals surface area contributed by atoms with E-state index in [1.54, 1.807) is 36.4 Å². The number of amides is 1. The van der Waals surface area contributed by atoms with Crippen LogP contribution in [0.3, 0.4) is 0 Å². The van der Waals surface area contributed by atoms with Crippen molar-refractivity contribution in [1.82, 2.24) is 5.43 Å². The number of ether oxygens (including phenoxy) is 1. The molecule has 0 aliphatic carbocycles. The van der Waals surface area contributed by atoms with Gasteiger partial charge in [-0.15, -0.1) is 0 Å². The predicted molar refractivity (Wildman–Crippen MR) is 85.8 cm³/mol. The van der Waals surface area contributed by atoms with E-state index in [9.17, 15) is 9.90 Å². The van der Waals surface area contributed by atoms with E-state index in [4.69, 9.17) is 27.9 Å². The number of nitrogens with zero attached hydrogens (tertiary/aromatic N) is 1. The molecule has 2 N–H and O–H groups in total. The fraction of sp³-hybridized carbons (Fsp3) is 0.0667. The van der Waals surface area contributed by atoms with Gasteiger partial charge in [-0.2, -0.15) is 5.10 Å². The van der Waals surface area contributed by atoms with Crippen LogP contribution in [-0.2, 0) is 4.79 Å². The first kappa shape index (κ1) is 16.1. The quantitative estimate of drug-likeness (QED) is 0.649. The number of para-hydroxylation sites is 1. The molecule has 0 unspecified atom stereocenters. The Labute approximate surface area is 137 Å². The van der Waals surface area contributed by atoms with Crippen LogP contribution in [-0.4, -0.2) is 23.8 Å². The van der Waals surface area contributed by atoms with Crippen LogP contribution in [0.15, 0.2) is 47.6 Å². The number of hydrazone groups is 1. The zero-order valence-electron chi connectivity index (χ0n) is 11.3. The molecule has 0 bridgehead atoms. The van der Waals surface area contributed by atoms with Crippen molar-refractivity contribution in [2.75, 3.05) is 6.61 Å². The molecule has 0 saturated heterocycles. The first-order chi connectivity index (χ1) is 10.6. The third kappa shape index (κ3) is 4.38. The number of phenols is 1. The lowest BCUT2D eigenvalue weighted by atomic mass is 10.2. The number of aromatic hydroxyl groups is 1. The van der Waals surface area contributed by atoms with Crippen molar-refractivity contribution in [2.45, 2.75) is 0 Å². The average molecular weight is 339 g/mol. The third-order valence-electron chi connectivity index (χ3n) is 2.60. The Balaban J connectivity index is 1.86. The zero-order chi connectivity index (χ0) is 15.9. The molecular formula is C15H12Cl2N2O3. The van der Waals surface area contributed by atoms with Crippen molar-refractivity contribution >= 4 is 35.3 Å². The van der Waals surface area contributed by atoms with Crippen LogP contribution in [0.2, 0.25) is 10.0 Å². The first-order valence-electron chi connectivity index (χ1n) is 6.24. The summed E-state index contributed by atoms with van der Waals surface area (Å²) in [5.74, 6) is -0.0841. The van der Waals surface area contributed by atoms with E-state index in [-0.39, 0.29) is 17.4 Å². The monoisotopic (exact) mass is 338 g/mol. The van der Waals surface area contributed by atoms with Crippen LogP contribution in [0.1, 0.15) is 5.56 Å². The van der Waals surface area contributed by atoms with E-state index in [1.165, 1.54) is 12.3 Å². The van der Waals surface area contributed by atoms with E-state index in [1.807, 2.05) is 0 Å². The van der Waals surface area contributed by atoms with E-state index < -0.39 is 5.91 Å². The number of benzene rings is 2. The number of hydrogen-bond acceptors (Lipinski definition) is 4. The Morgan fingerprint density at radius 2 is 2.00 bits per heavy atom. The van der Waals surface area contributed by atoms with Gasteiger partial charge in [-0.1, -0.05) is 41.4 Å². The molecule has 22 heavy (non-hydrogen) atoms. The minimum absolute atomic E-state index is 0.0717. The standard InChI is InChI=1S/C15H12Cl2N2O3/c16-11-5-3-7-13(15(11)17)22-9-14(21)19-18-8-10-4-1-2-6-12(10)20/h1-8,20H,9H2,(H,19,21)/b18-8+. The van der Waals surface area contributed by atoms with Gasteiger partial charge in [0.1, 0.15) is 16.5 Å². The normalized spacial score (nSPS) is 10.6. The highest BCUT2D eigenvalue weighted by atomic mass is 35.5. The van der Waals surface area contributed by atoms with Gasteiger partial charge in [0.05, 0.1) is 11.2 Å². The Kier molecular flexibility index (Phi) is 5.63. The number of hydrogen-bond donors (Lipinski definition) is 2. The summed E-state index contributed by atoms with van der Waals surface area (Å²) < 4.78 is 5.25. The Morgan fingerprint density at radius 3 is 2.77 bits per heavy atom. The Morgan fingerprint density at radius 1 is 1.23 bits per heavy atom. The maximum atomic E-state index is 11.6. The van der Waals surface area contributed by atoms with Crippen LogP contribution in [0.4, 0.5) is 0 Å². The molecule has 2 aromatic carbocycles. The maximum Gasteiger partial charge on any atom is 0.277 e. The molecular weight excluding hydrogens is 327 g/mol. The van der Waals surface area contributed by atoms with Crippen LogP contribution in [0.25, 0.3) is 0 Å². The summed E-state index contributed by atoms with van der Waals surface area (Å²) in [6.45, 7) is -0.266. The van der Waals surface area contributed by atoms with Gasteiger partial charge in [-0.25, -0.2) is 5.43 Å². The second kappa shape index (κ2) is 7.68. The zero-order valence-corrected chi connectivity index (χ0v) is 12.8. The molecule has 0 fully saturated rings. The second-order valence-electron chi connectivity index (χ2n) is 4.19. The highest BCUT2D eigenvalue weighted by Crippen LogP contribution is 2.31. The van der Waals surface area contributed by atoms with E-state index in [0.717, 1.165) is 0 Å². The number of halogens is 2. The highest BCUT2D eigenvalue weighted by Gasteiger charge is 2.07. The lowest BCUT2D eigenvalue weighted by molar-refractivity contribution is -0.123. The molecule has 0 heterocycles. The fourth-order valence-electron chi connectivity index (χ4n) is 1.54. The third-order valence-corrected chi connectivity index (χ3v) is 3.41. The van der Waals surface area contributed by atoms with Crippen LogP contribution in [0, 0.1) is 0 Å². The molecule has 2 aromatic rings. The number of rotatable bonds is 5. The molecule has 0 aliphatic heterocycles. The number of phenolic OH excluding ortho intramolecular Hbond substituents is 1. The summed E-state index contributed by atoms with van der Waals surface area (Å²) in [4.78, 5) is 11.6. The van der Waals surface area contributed by atoms with Crippen molar-refractivity contribution < 1.29 is 14.6 Å². The molecule has 7 heteroatoms. The maximum absolute atomic E-state index is 11.6. The molecule has 1 amide bonds. The highest BCUT2D eigenvalue weighted by molar-refractivity contribution is 6.42. The lowest BCUT2D eigenvalue weighted by Crippen LogP contribution is -2.24. The molecule has 0 aromatic heterocycles. The minimum atomic E-state index is -0.470. The summed E-state index contributed by atoms with van der Waals surface area (Å²) in [6, 6.07) is 11.5. The molecule has 0 spiro atoms. The Bertz CT molecular complexity index is 705. The molecule has 2 rings (SSSR count). The molecule has 0 aliphatic rings. The predicted octanol–water partition coefficient (Wildman–Crippen LogP) is 3.23. The molecule has 5 nitrogen and oxygen atoms in total. The Hall–Kier alpha value is -2.24. The summed E-state index contributed by atoms with van der Waals surface area (Å²) in [5, 5.41) is 13.8. The number of carbonyl (C=O) groups is 1. The fourth-order valence-corrected chi connectivity index (χ4v) is 1.89. The largest absolute Gasteiger partial charge is 0.507 e. The van der Waals surface area contributed by atoms with Gasteiger partial charge in [0.2, 0.25) is 0 Å². The first-order valence-corrected chi connectivity index (χ1v) is 7.00. The van der Waals surface area contributed by atoms with E-state index in [2.05, 4.69) is 10.5 Å². The van der Waals surface area contributed by atoms with Gasteiger partial charge in [-0.05, 0) is 24.3 Å². The second-order valence-corrected chi connectivity index (χ2v) is 4.98. The summed E-state index contributed by atoms with van der Waals surface area (Å²) >= 11 is 11.8. The van der Waals surface area contributed by atoms with Gasteiger partial charge in [0.15, 0.2) is 6.61 Å². The topological polar surface area (TPSA) is 70.9 Å². The van der Waals surface area contributed by atoms with E-state index >= 15 is 0 Å². The average Bonchev–Trinajstić information content (AvgIpc) is 2.51. The number of nitrogens with one attached hydrogen (secondary N) is 1. The number of carbonyl (C=O) groups excluding carboxylic acids is 1. The van der Waals surface area contributed by atoms with Gasteiger partial charge < -0.3 is 9.84 Å². The van der Waals surface area contributed by atoms with Crippen molar-refractivity contribution in [2.24, 2.45) is 5.10 Å². The molecule has 114 valence electrons. The van der Waals surface area contributed by atoms with E-state index in [0.29, 0.717) is 16.3 Å². The van der Waals surface area contributed by atoms with Crippen molar-refractivity contribution in [1.29, 1.82) is 0 Å². The summed E-state index contributed by atoms with van der Waals surface area (Å²) in [6.07, 6.45) is 1.33. The molecule has 0 saturated carbocycles. The van der Waals surface area contributed by atoms with Gasteiger partial charge in [0, 0.05) is 5.56 Å². The molecule has 0 atom stereocenters. The van der Waals surface area contributed by atoms with Crippen molar-refractivity contribution in [3.63, 3.8) is 0 Å². The van der Waals surface area contributed by atoms with Crippen LogP contribution >= 0.6 is 23.2 Å². The summed E-state index contributed by atoms with van der Waals surface area (Å²) in [5.41, 5.74) is 2.77. The summed E-state index contributed by atoms with van der Waals surface area (Å²) in [7, 11) is 0. The van der Waals surface area contributed by atoms with Crippen LogP contribution < -0.4 is 10.2 Å². The van der Waals surface area contributed by atoms with Crippen molar-refractivity contribution in [3.8, 4) is 11.5 Å². The smallest absolute Gasteiger partial charge is 0.277 e. The minimum Gasteiger partial charge on any atom is -0.507 e. The van der Waals surface area contributed by atoms with Gasteiger partial charge in [0.25, 0.3) is 5.91 Å². The SMILES string of the molecule is O=C(COc1cccc(Cl)c1Cl)N/N=C/c1ccccc1O. The van der Waals surface area contributed by atoms with Crippen molar-refractivity contribution in [3.05, 3.63) is 58.1 Å². The van der Waals surface area contributed by atoms with Gasteiger partial charge in [-0.3, -0.25) is 4.79 Å². The lowest BCUT2D eigenvalue weighted by Gasteiger charge is -2.07.